The molecule has 0 saturated carbocycles. The first-order chi connectivity index (χ1) is 16.4. The molecule has 0 saturated heterocycles. The number of benzene rings is 3. The van der Waals surface area contributed by atoms with Crippen LogP contribution in [0.15, 0.2) is 63.8 Å². The summed E-state index contributed by atoms with van der Waals surface area (Å²) in [5.41, 5.74) is 2.56. The molecule has 1 heterocycles. The maximum absolute atomic E-state index is 13.1. The molecule has 0 aliphatic rings. The van der Waals surface area contributed by atoms with Crippen molar-refractivity contribution in [1.82, 2.24) is 0 Å². The van der Waals surface area contributed by atoms with Gasteiger partial charge >= 0.3 is 5.63 Å². The van der Waals surface area contributed by atoms with Gasteiger partial charge in [0, 0.05) is 22.1 Å². The summed E-state index contributed by atoms with van der Waals surface area (Å²) in [4.78, 5) is 25.7. The molecule has 7 nitrogen and oxygen atoms in total. The average Bonchev–Trinajstić information content (AvgIpc) is 2.86. The summed E-state index contributed by atoms with van der Waals surface area (Å²) in [5.74, 6) is 1.50. The van der Waals surface area contributed by atoms with Crippen molar-refractivity contribution < 1.29 is 23.4 Å². The quantitative estimate of drug-likeness (QED) is 0.238. The molecule has 0 bridgehead atoms. The number of halogens is 1. The molecule has 174 valence electrons. The Bertz CT molecular complexity index is 1460. The summed E-state index contributed by atoms with van der Waals surface area (Å²) in [6, 6.07) is 15.9. The summed E-state index contributed by atoms with van der Waals surface area (Å²) in [5, 5.41) is 3.33. The minimum Gasteiger partial charge on any atom is -0.497 e. The topological polar surface area (TPSA) is 87.0 Å². The number of carbonyl (C=O) groups excluding carboxylic acids is 1. The number of carbonyl (C=O) groups is 1. The third-order valence-corrected chi connectivity index (χ3v) is 6.80. The van der Waals surface area contributed by atoms with Crippen LogP contribution in [0.2, 0.25) is 0 Å². The van der Waals surface area contributed by atoms with Gasteiger partial charge in [-0.1, -0.05) is 12.1 Å². The molecule has 1 N–H and O–H groups in total. The van der Waals surface area contributed by atoms with E-state index in [-0.39, 0.29) is 5.69 Å². The zero-order valence-corrected chi connectivity index (χ0v) is 21.2. The van der Waals surface area contributed by atoms with Crippen molar-refractivity contribution in [3.05, 3.63) is 79.7 Å². The number of fused-ring (bicyclic) bond motifs is 1. The van der Waals surface area contributed by atoms with Crippen LogP contribution in [-0.4, -0.2) is 27.2 Å². The van der Waals surface area contributed by atoms with E-state index < -0.39 is 11.5 Å². The van der Waals surface area contributed by atoms with Crippen LogP contribution in [0.25, 0.3) is 22.1 Å². The lowest BCUT2D eigenvalue weighted by Gasteiger charge is -2.13. The zero-order valence-electron chi connectivity index (χ0n) is 19.0. The molecule has 4 aromatic rings. The first-order valence-corrected chi connectivity index (χ1v) is 11.4. The Morgan fingerprint density at radius 2 is 1.71 bits per heavy atom. The van der Waals surface area contributed by atoms with Crippen molar-refractivity contribution in [2.75, 3.05) is 26.6 Å². The molecule has 0 spiro atoms. The van der Waals surface area contributed by atoms with E-state index in [2.05, 4.69) is 27.9 Å². The maximum atomic E-state index is 13.1. The second kappa shape index (κ2) is 9.76. The first kappa shape index (κ1) is 23.6. The number of hydrogen-bond donors (Lipinski definition) is 1. The highest BCUT2D eigenvalue weighted by Crippen LogP contribution is 2.34. The fraction of sp³-hybridized carbons (Fsp3) is 0.154. The minimum atomic E-state index is -0.633. The second-order valence-corrected chi connectivity index (χ2v) is 8.56. The normalized spacial score (nSPS) is 10.7. The lowest BCUT2D eigenvalue weighted by molar-refractivity contribution is 0.102. The lowest BCUT2D eigenvalue weighted by Crippen LogP contribution is -2.18. The van der Waals surface area contributed by atoms with Crippen molar-refractivity contribution in [1.29, 1.82) is 0 Å². The number of anilines is 1. The third-order valence-electron chi connectivity index (χ3n) is 5.46. The predicted octanol–water partition coefficient (Wildman–Crippen LogP) is 5.65. The van der Waals surface area contributed by atoms with E-state index in [9.17, 15) is 9.59 Å². The van der Waals surface area contributed by atoms with E-state index in [0.717, 1.165) is 20.3 Å². The molecule has 0 fully saturated rings. The van der Waals surface area contributed by atoms with Crippen LogP contribution in [0.5, 0.6) is 17.2 Å². The van der Waals surface area contributed by atoms with Gasteiger partial charge in [-0.05, 0) is 77.5 Å². The number of hydrogen-bond acceptors (Lipinski definition) is 6. The van der Waals surface area contributed by atoms with Gasteiger partial charge in [-0.25, -0.2) is 4.79 Å². The van der Waals surface area contributed by atoms with E-state index in [1.165, 1.54) is 0 Å². The van der Waals surface area contributed by atoms with Crippen molar-refractivity contribution >= 4 is 45.2 Å². The highest BCUT2D eigenvalue weighted by molar-refractivity contribution is 14.1. The molecule has 0 aliphatic carbocycles. The molecule has 0 unspecified atom stereocenters. The summed E-state index contributed by atoms with van der Waals surface area (Å²) in [7, 11) is 4.73. The molecule has 1 amide bonds. The fourth-order valence-corrected chi connectivity index (χ4v) is 4.29. The van der Waals surface area contributed by atoms with Crippen LogP contribution in [0, 0.1) is 10.5 Å². The molecule has 3 aromatic carbocycles. The molecule has 1 aromatic heterocycles. The Hall–Kier alpha value is -3.53. The van der Waals surface area contributed by atoms with Crippen LogP contribution in [-0.2, 0) is 0 Å². The standard InChI is InChI=1S/C26H22INO6/c1-14-23(27)22(33-4)13-17-12-20(26(30)34-24(14)17)28-25(29)16-8-9-21(32-3)19(11-16)15-6-5-7-18(10-15)31-2/h5-13H,1-4H3,(H,28,29). The summed E-state index contributed by atoms with van der Waals surface area (Å²) >= 11 is 2.14. The first-order valence-electron chi connectivity index (χ1n) is 10.3. The van der Waals surface area contributed by atoms with Gasteiger partial charge in [0.1, 0.15) is 28.5 Å². The minimum absolute atomic E-state index is 0.0407. The van der Waals surface area contributed by atoms with Gasteiger partial charge in [0.2, 0.25) is 0 Å². The van der Waals surface area contributed by atoms with Crippen molar-refractivity contribution in [3.8, 4) is 28.4 Å². The molecular formula is C26H22INO6. The van der Waals surface area contributed by atoms with E-state index in [1.807, 2.05) is 31.2 Å². The molecule has 0 aliphatic heterocycles. The van der Waals surface area contributed by atoms with Crippen molar-refractivity contribution in [2.45, 2.75) is 6.92 Å². The Kier molecular flexibility index (Phi) is 6.78. The number of methoxy groups -OCH3 is 3. The fourth-order valence-electron chi connectivity index (χ4n) is 3.67. The van der Waals surface area contributed by atoms with E-state index in [0.29, 0.717) is 33.8 Å². The molecule has 8 heteroatoms. The Morgan fingerprint density at radius 3 is 2.41 bits per heavy atom. The van der Waals surface area contributed by atoms with Crippen LogP contribution in [0.4, 0.5) is 5.69 Å². The third kappa shape index (κ3) is 4.45. The van der Waals surface area contributed by atoms with Gasteiger partial charge in [0.15, 0.2) is 0 Å². The highest BCUT2D eigenvalue weighted by atomic mass is 127. The zero-order chi connectivity index (χ0) is 24.4. The molecular weight excluding hydrogens is 549 g/mol. The Morgan fingerprint density at radius 1 is 0.941 bits per heavy atom. The highest BCUT2D eigenvalue weighted by Gasteiger charge is 2.17. The van der Waals surface area contributed by atoms with E-state index in [4.69, 9.17) is 18.6 Å². The van der Waals surface area contributed by atoms with Gasteiger partial charge < -0.3 is 23.9 Å². The number of nitrogens with one attached hydrogen (secondary N) is 1. The average molecular weight is 571 g/mol. The van der Waals surface area contributed by atoms with E-state index in [1.54, 1.807) is 51.7 Å². The van der Waals surface area contributed by atoms with Gasteiger partial charge in [0.05, 0.1) is 24.9 Å². The summed E-state index contributed by atoms with van der Waals surface area (Å²) in [6.45, 7) is 1.85. The Balaban J connectivity index is 1.72. The molecule has 34 heavy (non-hydrogen) atoms. The van der Waals surface area contributed by atoms with Crippen LogP contribution in [0.1, 0.15) is 15.9 Å². The van der Waals surface area contributed by atoms with Crippen molar-refractivity contribution in [2.24, 2.45) is 0 Å². The predicted molar refractivity (Wildman–Crippen MR) is 139 cm³/mol. The van der Waals surface area contributed by atoms with Gasteiger partial charge in [-0.2, -0.15) is 0 Å². The van der Waals surface area contributed by atoms with Crippen LogP contribution >= 0.6 is 22.6 Å². The molecule has 0 atom stereocenters. The smallest absolute Gasteiger partial charge is 0.360 e. The second-order valence-electron chi connectivity index (χ2n) is 7.48. The number of amides is 1. The van der Waals surface area contributed by atoms with Crippen molar-refractivity contribution in [3.63, 3.8) is 0 Å². The van der Waals surface area contributed by atoms with Crippen LogP contribution in [0.3, 0.4) is 0 Å². The number of ether oxygens (including phenoxy) is 3. The summed E-state index contributed by atoms with van der Waals surface area (Å²) in [6.07, 6.45) is 0. The van der Waals surface area contributed by atoms with E-state index >= 15 is 0 Å². The maximum Gasteiger partial charge on any atom is 0.360 e. The van der Waals surface area contributed by atoms with Gasteiger partial charge in [0.25, 0.3) is 5.91 Å². The Labute approximate surface area is 209 Å². The molecule has 4 rings (SSSR count). The lowest BCUT2D eigenvalue weighted by atomic mass is 10.0. The van der Waals surface area contributed by atoms with Gasteiger partial charge in [-0.3, -0.25) is 4.79 Å². The number of rotatable bonds is 6. The van der Waals surface area contributed by atoms with Gasteiger partial charge in [-0.15, -0.1) is 0 Å². The monoisotopic (exact) mass is 571 g/mol. The SMILES string of the molecule is COc1cccc(-c2cc(C(=O)Nc3cc4cc(OC)c(I)c(C)c4oc3=O)ccc2OC)c1. The molecule has 0 radical (unpaired) electrons. The number of aryl methyl sites for hydroxylation is 1. The largest absolute Gasteiger partial charge is 0.497 e. The summed E-state index contributed by atoms with van der Waals surface area (Å²) < 4.78 is 22.6. The van der Waals surface area contributed by atoms with Crippen LogP contribution < -0.4 is 25.2 Å².